The minimum Gasteiger partial charge on any atom is -0.466 e. The van der Waals surface area contributed by atoms with Gasteiger partial charge in [0.25, 0.3) is 0 Å². The number of hydrogen-bond acceptors (Lipinski definition) is 3. The van der Waals surface area contributed by atoms with Crippen LogP contribution in [0, 0.1) is 5.92 Å². The third-order valence-corrected chi connectivity index (χ3v) is 1.42. The second-order valence-electron chi connectivity index (χ2n) is 2.96. The molecule has 0 rings (SSSR count). The normalized spacial score (nSPS) is 11.3. The Morgan fingerprint density at radius 1 is 1.38 bits per heavy atom. The van der Waals surface area contributed by atoms with E-state index in [1.165, 1.54) is 20.1 Å². The topological polar surface area (TPSA) is 55.4 Å². The van der Waals surface area contributed by atoms with Gasteiger partial charge >= 0.3 is 5.97 Å². The van der Waals surface area contributed by atoms with Crippen LogP contribution in [-0.2, 0) is 14.3 Å². The average molecular weight is 185 g/mol. The molecule has 0 spiro atoms. The lowest BCUT2D eigenvalue weighted by Crippen LogP contribution is -2.23. The van der Waals surface area contributed by atoms with Gasteiger partial charge in [0, 0.05) is 18.7 Å². The number of ether oxygens (including phenoxy) is 1. The molecule has 1 amide bonds. The minimum absolute atomic E-state index is 0.0861. The molecule has 0 aliphatic rings. The second kappa shape index (κ2) is 5.35. The van der Waals surface area contributed by atoms with Gasteiger partial charge in [-0.3, -0.25) is 4.79 Å². The number of carbonyl (C=O) groups excluding carboxylic acids is 2. The van der Waals surface area contributed by atoms with Crippen molar-refractivity contribution in [1.29, 1.82) is 0 Å². The van der Waals surface area contributed by atoms with E-state index in [2.05, 4.69) is 10.1 Å². The van der Waals surface area contributed by atoms with Gasteiger partial charge in [-0.15, -0.1) is 0 Å². The molecule has 0 saturated carbocycles. The smallest absolute Gasteiger partial charge is 0.332 e. The Bertz CT molecular complexity index is 231. The first-order valence-electron chi connectivity index (χ1n) is 4.04. The lowest BCUT2D eigenvalue weighted by atomic mass is 10.1. The van der Waals surface area contributed by atoms with E-state index in [4.69, 9.17) is 0 Å². The first-order chi connectivity index (χ1) is 5.97. The highest BCUT2D eigenvalue weighted by Gasteiger charge is 2.07. The quantitative estimate of drug-likeness (QED) is 0.523. The summed E-state index contributed by atoms with van der Waals surface area (Å²) in [4.78, 5) is 21.6. The highest BCUT2D eigenvalue weighted by atomic mass is 16.5. The summed E-state index contributed by atoms with van der Waals surface area (Å²) in [5.41, 5.74) is 0.569. The van der Waals surface area contributed by atoms with Gasteiger partial charge in [0.15, 0.2) is 0 Å². The SMILES string of the molecule is COC(=O)/C=C(\NC(C)=O)C(C)C. The van der Waals surface area contributed by atoms with Crippen molar-refractivity contribution in [3.8, 4) is 0 Å². The molecule has 74 valence electrons. The summed E-state index contributed by atoms with van der Waals surface area (Å²) in [7, 11) is 1.30. The van der Waals surface area contributed by atoms with Crippen LogP contribution in [0.15, 0.2) is 11.8 Å². The summed E-state index contributed by atoms with van der Waals surface area (Å²) in [6.45, 7) is 5.16. The van der Waals surface area contributed by atoms with Gasteiger partial charge < -0.3 is 10.1 Å². The summed E-state index contributed by atoms with van der Waals surface area (Å²) < 4.78 is 4.45. The predicted octanol–water partition coefficient (Wildman–Crippen LogP) is 0.835. The zero-order valence-electron chi connectivity index (χ0n) is 8.38. The third kappa shape index (κ3) is 5.00. The van der Waals surface area contributed by atoms with Crippen molar-refractivity contribution >= 4 is 11.9 Å². The van der Waals surface area contributed by atoms with Crippen LogP contribution in [0.5, 0.6) is 0 Å². The van der Waals surface area contributed by atoms with E-state index >= 15 is 0 Å². The van der Waals surface area contributed by atoms with Crippen molar-refractivity contribution in [2.24, 2.45) is 5.92 Å². The van der Waals surface area contributed by atoms with E-state index in [9.17, 15) is 9.59 Å². The Balaban J connectivity index is 4.50. The standard InChI is InChI=1S/C9H15NO3/c1-6(2)8(10-7(3)11)5-9(12)13-4/h5-6H,1-4H3,(H,10,11)/b8-5-. The van der Waals surface area contributed by atoms with E-state index in [0.717, 1.165) is 0 Å². The Morgan fingerprint density at radius 3 is 2.23 bits per heavy atom. The molecule has 0 fully saturated rings. The highest BCUT2D eigenvalue weighted by molar-refractivity contribution is 5.84. The first kappa shape index (κ1) is 11.7. The van der Waals surface area contributed by atoms with Crippen LogP contribution in [0.25, 0.3) is 0 Å². The second-order valence-corrected chi connectivity index (χ2v) is 2.96. The molecule has 4 heteroatoms. The molecule has 0 aliphatic heterocycles. The number of nitrogens with one attached hydrogen (secondary N) is 1. The molecule has 0 saturated heterocycles. The van der Waals surface area contributed by atoms with Gasteiger partial charge in [-0.1, -0.05) is 13.8 Å². The van der Waals surface area contributed by atoms with Crippen LogP contribution in [-0.4, -0.2) is 19.0 Å². The summed E-state index contributed by atoms with van der Waals surface area (Å²) in [5, 5.41) is 2.57. The van der Waals surface area contributed by atoms with Gasteiger partial charge in [-0.2, -0.15) is 0 Å². The molecule has 0 radical (unpaired) electrons. The first-order valence-corrected chi connectivity index (χ1v) is 4.04. The van der Waals surface area contributed by atoms with Crippen molar-refractivity contribution in [2.45, 2.75) is 20.8 Å². The average Bonchev–Trinajstić information content (AvgIpc) is 2.02. The zero-order valence-corrected chi connectivity index (χ0v) is 8.38. The number of hydrogen-bond donors (Lipinski definition) is 1. The summed E-state index contributed by atoms with van der Waals surface area (Å²) >= 11 is 0. The maximum atomic E-state index is 10.9. The molecule has 1 N–H and O–H groups in total. The molecule has 4 nitrogen and oxygen atoms in total. The van der Waals surface area contributed by atoms with Gasteiger partial charge in [-0.05, 0) is 5.92 Å². The third-order valence-electron chi connectivity index (χ3n) is 1.42. The fourth-order valence-corrected chi connectivity index (χ4v) is 0.736. The Morgan fingerprint density at radius 2 is 1.92 bits per heavy atom. The predicted molar refractivity (Wildman–Crippen MR) is 48.8 cm³/mol. The zero-order chi connectivity index (χ0) is 10.4. The van der Waals surface area contributed by atoms with E-state index in [1.807, 2.05) is 13.8 Å². The van der Waals surface area contributed by atoms with E-state index < -0.39 is 5.97 Å². The van der Waals surface area contributed by atoms with Crippen molar-refractivity contribution < 1.29 is 14.3 Å². The van der Waals surface area contributed by atoms with Gasteiger partial charge in [-0.25, -0.2) is 4.79 Å². The Kier molecular flexibility index (Phi) is 4.80. The van der Waals surface area contributed by atoms with E-state index in [-0.39, 0.29) is 11.8 Å². The van der Waals surface area contributed by atoms with Crippen molar-refractivity contribution in [3.63, 3.8) is 0 Å². The molecule has 0 unspecified atom stereocenters. The largest absolute Gasteiger partial charge is 0.466 e. The van der Waals surface area contributed by atoms with Crippen molar-refractivity contribution in [2.75, 3.05) is 7.11 Å². The molecule has 13 heavy (non-hydrogen) atoms. The molecule has 0 aliphatic carbocycles. The molecule has 0 bridgehead atoms. The Labute approximate surface area is 78.0 Å². The van der Waals surface area contributed by atoms with Gasteiger partial charge in [0.2, 0.25) is 5.91 Å². The van der Waals surface area contributed by atoms with E-state index in [1.54, 1.807) is 0 Å². The monoisotopic (exact) mass is 185 g/mol. The molecule has 0 aromatic heterocycles. The van der Waals surface area contributed by atoms with Crippen LogP contribution in [0.4, 0.5) is 0 Å². The van der Waals surface area contributed by atoms with Crippen LogP contribution in [0.1, 0.15) is 20.8 Å². The summed E-state index contributed by atoms with van der Waals surface area (Å²) in [6, 6.07) is 0. The van der Waals surface area contributed by atoms with E-state index in [0.29, 0.717) is 5.70 Å². The summed E-state index contributed by atoms with van der Waals surface area (Å²) in [5.74, 6) is -0.565. The maximum Gasteiger partial charge on any atom is 0.332 e. The molecule has 0 aromatic carbocycles. The molecule has 0 heterocycles. The fraction of sp³-hybridized carbons (Fsp3) is 0.556. The highest BCUT2D eigenvalue weighted by Crippen LogP contribution is 2.05. The van der Waals surface area contributed by atoms with Crippen molar-refractivity contribution in [1.82, 2.24) is 5.32 Å². The van der Waals surface area contributed by atoms with Gasteiger partial charge in [0.05, 0.1) is 7.11 Å². The number of carbonyl (C=O) groups is 2. The molecular weight excluding hydrogens is 170 g/mol. The summed E-state index contributed by atoms with van der Waals surface area (Å²) in [6.07, 6.45) is 1.28. The van der Waals surface area contributed by atoms with Crippen LogP contribution < -0.4 is 5.32 Å². The number of esters is 1. The number of allylic oxidation sites excluding steroid dienone is 1. The van der Waals surface area contributed by atoms with Crippen LogP contribution in [0.3, 0.4) is 0 Å². The fourth-order valence-electron chi connectivity index (χ4n) is 0.736. The lowest BCUT2D eigenvalue weighted by molar-refractivity contribution is -0.134. The molecule has 0 atom stereocenters. The van der Waals surface area contributed by atoms with Crippen LogP contribution >= 0.6 is 0 Å². The van der Waals surface area contributed by atoms with Crippen LogP contribution in [0.2, 0.25) is 0 Å². The maximum absolute atomic E-state index is 10.9. The molecular formula is C9H15NO3. The number of amides is 1. The van der Waals surface area contributed by atoms with Crippen molar-refractivity contribution in [3.05, 3.63) is 11.8 Å². The Hall–Kier alpha value is -1.32. The lowest BCUT2D eigenvalue weighted by Gasteiger charge is -2.10. The number of methoxy groups -OCH3 is 1. The minimum atomic E-state index is -0.461. The molecule has 0 aromatic rings. The van der Waals surface area contributed by atoms with Gasteiger partial charge in [0.1, 0.15) is 0 Å². The number of rotatable bonds is 3.